The SMILES string of the molecule is CN(C)C(=O)c1cc2cnc(Nc3ccc(N4CC5(CCCN(C(=O)OC(C)(C)C)C5)OC4O)cn3)nc2n1C1CCCC1. The third-order valence-electron chi connectivity index (χ3n) is 8.48. The van der Waals surface area contributed by atoms with Crippen molar-refractivity contribution in [3.8, 4) is 0 Å². The predicted octanol–water partition coefficient (Wildman–Crippen LogP) is 4.27. The molecule has 6 rings (SSSR count). The van der Waals surface area contributed by atoms with Gasteiger partial charge in [-0.25, -0.2) is 14.8 Å². The Morgan fingerprint density at radius 3 is 2.57 bits per heavy atom. The first-order valence-corrected chi connectivity index (χ1v) is 15.3. The highest BCUT2D eigenvalue weighted by molar-refractivity contribution is 5.98. The van der Waals surface area contributed by atoms with Gasteiger partial charge in [-0.1, -0.05) is 12.8 Å². The molecule has 5 heterocycles. The normalized spacial score (nSPS) is 22.6. The van der Waals surface area contributed by atoms with Crippen LogP contribution in [0.25, 0.3) is 11.0 Å². The average Bonchev–Trinajstić information content (AvgIpc) is 3.70. The minimum absolute atomic E-state index is 0.0534. The number of rotatable bonds is 5. The molecule has 13 heteroatoms. The average molecular weight is 607 g/mol. The van der Waals surface area contributed by atoms with Crippen molar-refractivity contribution in [1.29, 1.82) is 0 Å². The van der Waals surface area contributed by atoms with Crippen molar-refractivity contribution in [3.63, 3.8) is 0 Å². The van der Waals surface area contributed by atoms with Crippen LogP contribution in [-0.4, -0.2) is 97.8 Å². The molecule has 3 aliphatic rings. The molecule has 3 aromatic rings. The number of pyridine rings is 1. The number of aliphatic hydroxyl groups is 1. The zero-order valence-corrected chi connectivity index (χ0v) is 26.1. The van der Waals surface area contributed by atoms with Gasteiger partial charge in [-0.05, 0) is 64.7 Å². The van der Waals surface area contributed by atoms with Gasteiger partial charge in [-0.15, -0.1) is 0 Å². The summed E-state index contributed by atoms with van der Waals surface area (Å²) in [5.41, 5.74) is 0.758. The number of carbonyl (C=O) groups is 2. The van der Waals surface area contributed by atoms with Crippen LogP contribution in [-0.2, 0) is 9.47 Å². The zero-order valence-electron chi connectivity index (χ0n) is 26.1. The van der Waals surface area contributed by atoms with E-state index in [2.05, 4.69) is 19.9 Å². The van der Waals surface area contributed by atoms with Crippen LogP contribution in [0, 0.1) is 0 Å². The van der Waals surface area contributed by atoms with Gasteiger partial charge in [0.1, 0.15) is 28.4 Å². The highest BCUT2D eigenvalue weighted by Gasteiger charge is 2.48. The summed E-state index contributed by atoms with van der Waals surface area (Å²) in [7, 11) is 3.52. The Bertz CT molecular complexity index is 1530. The lowest BCUT2D eigenvalue weighted by molar-refractivity contribution is -0.152. The van der Waals surface area contributed by atoms with Crippen molar-refractivity contribution in [2.75, 3.05) is 43.9 Å². The Morgan fingerprint density at radius 1 is 1.11 bits per heavy atom. The molecule has 3 aromatic heterocycles. The summed E-state index contributed by atoms with van der Waals surface area (Å²) >= 11 is 0. The van der Waals surface area contributed by atoms with Crippen LogP contribution >= 0.6 is 0 Å². The first kappa shape index (κ1) is 30.1. The van der Waals surface area contributed by atoms with Crippen molar-refractivity contribution in [2.45, 2.75) is 83.0 Å². The third kappa shape index (κ3) is 6.03. The highest BCUT2D eigenvalue weighted by atomic mass is 16.7. The lowest BCUT2D eigenvalue weighted by Crippen LogP contribution is -2.53. The summed E-state index contributed by atoms with van der Waals surface area (Å²) in [5, 5.41) is 14.8. The van der Waals surface area contributed by atoms with Gasteiger partial charge in [0.05, 0.1) is 25.0 Å². The molecule has 13 nitrogen and oxygen atoms in total. The number of nitrogens with zero attached hydrogens (tertiary/aromatic N) is 7. The Morgan fingerprint density at radius 2 is 1.89 bits per heavy atom. The zero-order chi connectivity index (χ0) is 31.2. The van der Waals surface area contributed by atoms with E-state index in [-0.39, 0.29) is 18.0 Å². The fraction of sp³-hybridized carbons (Fsp3) is 0.581. The largest absolute Gasteiger partial charge is 0.444 e. The van der Waals surface area contributed by atoms with E-state index in [9.17, 15) is 14.7 Å². The van der Waals surface area contributed by atoms with Gasteiger partial charge >= 0.3 is 6.09 Å². The standard InChI is InChI=1S/C31H42N8O5/c1-30(2,3)43-28(41)37-14-8-13-31(18-37)19-38(29(42)44-31)22-11-12-24(32-17-22)34-27-33-16-20-15-23(26(40)36(4)5)39(25(20)35-27)21-9-6-7-10-21/h11-12,15-17,21,29,42H,6-10,13-14,18-19H2,1-5H3,(H,32,33,34,35). The van der Waals surface area contributed by atoms with Gasteiger partial charge in [0, 0.05) is 38.3 Å². The van der Waals surface area contributed by atoms with E-state index in [0.717, 1.165) is 49.6 Å². The van der Waals surface area contributed by atoms with Crippen LogP contribution in [0.5, 0.6) is 0 Å². The minimum Gasteiger partial charge on any atom is -0.444 e. The lowest BCUT2D eigenvalue weighted by Gasteiger charge is -2.39. The van der Waals surface area contributed by atoms with Crippen molar-refractivity contribution in [3.05, 3.63) is 36.3 Å². The van der Waals surface area contributed by atoms with E-state index in [4.69, 9.17) is 14.5 Å². The summed E-state index contributed by atoms with van der Waals surface area (Å²) < 4.78 is 13.7. The quantitative estimate of drug-likeness (QED) is 0.433. The van der Waals surface area contributed by atoms with Gasteiger partial charge < -0.3 is 39.2 Å². The van der Waals surface area contributed by atoms with Gasteiger partial charge in [-0.3, -0.25) is 4.79 Å². The van der Waals surface area contributed by atoms with E-state index < -0.39 is 17.6 Å². The van der Waals surface area contributed by atoms with Crippen LogP contribution in [0.15, 0.2) is 30.6 Å². The maximum absolute atomic E-state index is 13.0. The summed E-state index contributed by atoms with van der Waals surface area (Å²) in [6.45, 7) is 6.87. The number of hydrogen-bond acceptors (Lipinski definition) is 10. The van der Waals surface area contributed by atoms with Crippen molar-refractivity contribution >= 4 is 40.5 Å². The molecule has 2 atom stereocenters. The van der Waals surface area contributed by atoms with Crippen LogP contribution in [0.4, 0.5) is 22.2 Å². The molecule has 2 unspecified atom stereocenters. The van der Waals surface area contributed by atoms with Gasteiger partial charge in [0.2, 0.25) is 12.4 Å². The number of likely N-dealkylation sites (tertiary alicyclic amines) is 1. The van der Waals surface area contributed by atoms with Crippen LogP contribution in [0.3, 0.4) is 0 Å². The molecule has 0 bridgehead atoms. The number of carbonyl (C=O) groups excluding carboxylic acids is 2. The van der Waals surface area contributed by atoms with E-state index in [1.165, 1.54) is 0 Å². The van der Waals surface area contributed by atoms with E-state index in [1.54, 1.807) is 47.3 Å². The molecule has 1 aliphatic carbocycles. The number of piperidine rings is 1. The molecule has 2 saturated heterocycles. The summed E-state index contributed by atoms with van der Waals surface area (Å²) in [6, 6.07) is 5.75. The molecule has 2 N–H and O–H groups in total. The number of hydrogen-bond donors (Lipinski definition) is 2. The molecule has 44 heavy (non-hydrogen) atoms. The fourth-order valence-electron chi connectivity index (χ4n) is 6.48. The van der Waals surface area contributed by atoms with Gasteiger partial charge in [0.25, 0.3) is 5.91 Å². The molecule has 2 aliphatic heterocycles. The third-order valence-corrected chi connectivity index (χ3v) is 8.48. The first-order valence-electron chi connectivity index (χ1n) is 15.3. The molecule has 3 fully saturated rings. The Kier molecular flexibility index (Phi) is 7.87. The summed E-state index contributed by atoms with van der Waals surface area (Å²) in [6.07, 6.45) is 7.62. The van der Waals surface area contributed by atoms with E-state index >= 15 is 0 Å². The monoisotopic (exact) mass is 606 g/mol. The topological polar surface area (TPSA) is 138 Å². The van der Waals surface area contributed by atoms with Crippen molar-refractivity contribution in [2.24, 2.45) is 0 Å². The number of aliphatic hydroxyl groups excluding tert-OH is 1. The van der Waals surface area contributed by atoms with Crippen LogP contribution < -0.4 is 10.2 Å². The van der Waals surface area contributed by atoms with Gasteiger partial charge in [0.15, 0.2) is 0 Å². The Balaban J connectivity index is 1.17. The molecule has 1 spiro atoms. The molecule has 0 aromatic carbocycles. The van der Waals surface area contributed by atoms with Crippen LogP contribution in [0.1, 0.15) is 75.8 Å². The summed E-state index contributed by atoms with van der Waals surface area (Å²) in [5.74, 6) is 0.865. The lowest BCUT2D eigenvalue weighted by atomic mass is 9.93. The maximum atomic E-state index is 13.0. The van der Waals surface area contributed by atoms with Crippen molar-refractivity contribution < 1.29 is 24.2 Å². The number of anilines is 3. The second-order valence-corrected chi connectivity index (χ2v) is 13.3. The smallest absolute Gasteiger partial charge is 0.410 e. The molecular formula is C31H42N8O5. The second kappa shape index (κ2) is 11.5. The Labute approximate surface area is 257 Å². The predicted molar refractivity (Wildman–Crippen MR) is 165 cm³/mol. The number of ether oxygens (including phenoxy) is 2. The fourth-order valence-corrected chi connectivity index (χ4v) is 6.48. The summed E-state index contributed by atoms with van der Waals surface area (Å²) in [4.78, 5) is 44.6. The molecule has 2 amide bonds. The van der Waals surface area contributed by atoms with Crippen LogP contribution in [0.2, 0.25) is 0 Å². The number of aromatic nitrogens is 4. The second-order valence-electron chi connectivity index (χ2n) is 13.3. The highest BCUT2D eigenvalue weighted by Crippen LogP contribution is 2.37. The van der Waals surface area contributed by atoms with E-state index in [0.29, 0.717) is 42.8 Å². The number of fused-ring (bicyclic) bond motifs is 1. The molecule has 1 saturated carbocycles. The number of nitrogens with one attached hydrogen (secondary N) is 1. The molecular weight excluding hydrogens is 564 g/mol. The molecule has 236 valence electrons. The minimum atomic E-state index is -1.16. The van der Waals surface area contributed by atoms with E-state index in [1.807, 2.05) is 32.9 Å². The maximum Gasteiger partial charge on any atom is 0.410 e. The van der Waals surface area contributed by atoms with Crippen molar-refractivity contribution in [1.82, 2.24) is 29.3 Å². The van der Waals surface area contributed by atoms with Gasteiger partial charge in [-0.2, -0.15) is 4.98 Å². The Hall–Kier alpha value is -3.97. The number of amides is 2. The molecule has 0 radical (unpaired) electrons. The first-order chi connectivity index (χ1) is 20.9.